The third-order valence-corrected chi connectivity index (χ3v) is 11.0. The Morgan fingerprint density at radius 3 is 2.08 bits per heavy atom. The topological polar surface area (TPSA) is 128 Å². The van der Waals surface area contributed by atoms with E-state index in [1.165, 1.54) is 6.92 Å². The zero-order chi connectivity index (χ0) is 35.3. The van der Waals surface area contributed by atoms with Gasteiger partial charge in [0.25, 0.3) is 0 Å². The van der Waals surface area contributed by atoms with Crippen LogP contribution in [0.15, 0.2) is 65.6 Å². The van der Waals surface area contributed by atoms with Crippen molar-refractivity contribution in [3.05, 3.63) is 66.2 Å². The fourth-order valence-electron chi connectivity index (χ4n) is 7.05. The molecule has 2 aliphatic heterocycles. The van der Waals surface area contributed by atoms with Crippen molar-refractivity contribution in [3.8, 4) is 0 Å². The quantitative estimate of drug-likeness (QED) is 0.258. The van der Waals surface area contributed by atoms with Gasteiger partial charge < -0.3 is 25.8 Å². The lowest BCUT2D eigenvalue weighted by atomic mass is 9.88. The van der Waals surface area contributed by atoms with E-state index in [0.29, 0.717) is 64.0 Å². The summed E-state index contributed by atoms with van der Waals surface area (Å²) in [5.41, 5.74) is 1.01. The molecule has 2 heterocycles. The van der Waals surface area contributed by atoms with E-state index in [-0.39, 0.29) is 53.3 Å². The maximum absolute atomic E-state index is 14.4. The Morgan fingerprint density at radius 1 is 0.837 bits per heavy atom. The van der Waals surface area contributed by atoms with Crippen molar-refractivity contribution in [1.82, 2.24) is 25.8 Å². The average molecular weight is 692 g/mol. The monoisotopic (exact) mass is 691 g/mol. The van der Waals surface area contributed by atoms with Crippen molar-refractivity contribution in [1.29, 1.82) is 0 Å². The summed E-state index contributed by atoms with van der Waals surface area (Å²) in [5, 5.41) is 8.81. The number of amides is 5. The highest BCUT2D eigenvalue weighted by atomic mass is 32.2. The normalized spacial score (nSPS) is 20.3. The van der Waals surface area contributed by atoms with Gasteiger partial charge in [0.15, 0.2) is 0 Å². The molecular weight excluding hydrogens is 639 g/mol. The van der Waals surface area contributed by atoms with Gasteiger partial charge in [0.05, 0.1) is 29.7 Å². The van der Waals surface area contributed by atoms with Crippen LogP contribution in [0, 0.1) is 23.7 Å². The molecule has 2 aromatic carbocycles. The number of rotatable bonds is 14. The van der Waals surface area contributed by atoms with Gasteiger partial charge in [0, 0.05) is 56.8 Å². The van der Waals surface area contributed by atoms with Crippen molar-refractivity contribution in [2.45, 2.75) is 76.3 Å². The highest BCUT2D eigenvalue weighted by Gasteiger charge is 2.39. The Hall–Kier alpha value is -3.86. The van der Waals surface area contributed by atoms with Crippen molar-refractivity contribution >= 4 is 41.3 Å². The molecule has 49 heavy (non-hydrogen) atoms. The van der Waals surface area contributed by atoms with Crippen LogP contribution in [0.25, 0.3) is 0 Å². The van der Waals surface area contributed by atoms with Crippen molar-refractivity contribution in [2.24, 2.45) is 23.7 Å². The first-order valence-corrected chi connectivity index (χ1v) is 18.7. The molecule has 10 nitrogen and oxygen atoms in total. The Balaban J connectivity index is 1.45. The summed E-state index contributed by atoms with van der Waals surface area (Å²) in [4.78, 5) is 71.0. The molecule has 2 aliphatic rings. The van der Waals surface area contributed by atoms with Crippen LogP contribution in [0.3, 0.4) is 0 Å². The van der Waals surface area contributed by atoms with Gasteiger partial charge >= 0.3 is 0 Å². The lowest BCUT2D eigenvalue weighted by Crippen LogP contribution is -2.55. The predicted molar refractivity (Wildman–Crippen MR) is 192 cm³/mol. The van der Waals surface area contributed by atoms with Crippen molar-refractivity contribution in [3.63, 3.8) is 0 Å². The molecule has 0 aliphatic carbocycles. The Kier molecular flexibility index (Phi) is 14.5. The minimum atomic E-state index is -0.511. The molecule has 4 rings (SSSR count). The molecule has 2 saturated heterocycles. The lowest BCUT2D eigenvalue weighted by Gasteiger charge is -2.40. The van der Waals surface area contributed by atoms with E-state index in [4.69, 9.17) is 0 Å². The minimum absolute atomic E-state index is 0.0153. The smallest absolute Gasteiger partial charge is 0.228 e. The molecule has 5 amide bonds. The first-order valence-electron chi connectivity index (χ1n) is 17.7. The molecule has 0 unspecified atom stereocenters. The predicted octanol–water partition coefficient (Wildman–Crippen LogP) is 3.90. The Bertz CT molecular complexity index is 1410. The molecule has 6 atom stereocenters. The van der Waals surface area contributed by atoms with E-state index in [1.54, 1.807) is 23.7 Å². The van der Waals surface area contributed by atoms with E-state index in [1.807, 2.05) is 79.4 Å². The summed E-state index contributed by atoms with van der Waals surface area (Å²) >= 11 is 1.61. The number of thioether (sulfide) groups is 1. The average Bonchev–Trinajstić information content (AvgIpc) is 3.14. The van der Waals surface area contributed by atoms with Gasteiger partial charge in [-0.2, -0.15) is 0 Å². The Labute approximate surface area is 295 Å². The molecule has 266 valence electrons. The van der Waals surface area contributed by atoms with Crippen LogP contribution in [-0.4, -0.2) is 90.4 Å². The van der Waals surface area contributed by atoms with E-state index >= 15 is 0 Å². The minimum Gasteiger partial charge on any atom is -0.359 e. The standard InChI is InChI=1S/C38H53N5O5S/c1-5-33(26(2)35(45)39-4)41-36(46)29-16-12-20-42(23-29)37(47)30-17-13-21-43(24-30)38(48)32(22-28-14-8-6-9-15-28)34(40-27(3)44)25-49-31-18-10-7-11-19-31/h6-11,14-15,18-19,26,29-30,32-34H,5,12-13,16-17,20-25H2,1-4H3,(H,39,45)(H,40,44)(H,41,46)/t26-,29-,30+,32-,33+,34+/m0/s1. The molecule has 0 saturated carbocycles. The number of nitrogens with one attached hydrogen (secondary N) is 3. The summed E-state index contributed by atoms with van der Waals surface area (Å²) in [7, 11) is 1.59. The number of likely N-dealkylation sites (tertiary alicyclic amines) is 2. The summed E-state index contributed by atoms with van der Waals surface area (Å²) < 4.78 is 0. The summed E-state index contributed by atoms with van der Waals surface area (Å²) in [6.45, 7) is 7.02. The SMILES string of the molecule is CC[C@@H](NC(=O)[C@H]1CCCN(C(=O)[C@@H]2CCCN(C(=O)[C@@H](Cc3ccccc3)[C@@H](CSc3ccccc3)NC(C)=O)C2)C1)[C@H](C)C(=O)NC. The molecule has 2 fully saturated rings. The number of piperidine rings is 2. The molecule has 11 heteroatoms. The van der Waals surface area contributed by atoms with Crippen LogP contribution < -0.4 is 16.0 Å². The third-order valence-electron chi connectivity index (χ3n) is 9.88. The maximum Gasteiger partial charge on any atom is 0.228 e. The number of benzene rings is 2. The van der Waals surface area contributed by atoms with E-state index in [9.17, 15) is 24.0 Å². The van der Waals surface area contributed by atoms with Gasteiger partial charge in [0.2, 0.25) is 29.5 Å². The highest BCUT2D eigenvalue weighted by Crippen LogP contribution is 2.28. The second-order valence-corrected chi connectivity index (χ2v) is 14.5. The largest absolute Gasteiger partial charge is 0.359 e. The van der Waals surface area contributed by atoms with Gasteiger partial charge in [-0.05, 0) is 56.2 Å². The molecule has 0 aromatic heterocycles. The van der Waals surface area contributed by atoms with Gasteiger partial charge in [-0.3, -0.25) is 24.0 Å². The number of carbonyl (C=O) groups is 5. The number of hydrogen-bond donors (Lipinski definition) is 3. The van der Waals surface area contributed by atoms with Gasteiger partial charge in [-0.25, -0.2) is 0 Å². The molecule has 2 aromatic rings. The van der Waals surface area contributed by atoms with E-state index in [0.717, 1.165) is 16.9 Å². The molecule has 0 radical (unpaired) electrons. The van der Waals surface area contributed by atoms with Crippen LogP contribution >= 0.6 is 11.8 Å². The second-order valence-electron chi connectivity index (χ2n) is 13.4. The van der Waals surface area contributed by atoms with Crippen LogP contribution in [-0.2, 0) is 30.4 Å². The molecule has 0 spiro atoms. The first-order chi connectivity index (χ1) is 23.6. The second kappa shape index (κ2) is 18.8. The number of hydrogen-bond acceptors (Lipinski definition) is 6. The Morgan fingerprint density at radius 2 is 1.45 bits per heavy atom. The van der Waals surface area contributed by atoms with Crippen molar-refractivity contribution < 1.29 is 24.0 Å². The van der Waals surface area contributed by atoms with E-state index < -0.39 is 12.0 Å². The zero-order valence-electron chi connectivity index (χ0n) is 29.4. The van der Waals surface area contributed by atoms with Gasteiger partial charge in [0.1, 0.15) is 0 Å². The molecular formula is C38H53N5O5S. The maximum atomic E-state index is 14.4. The summed E-state index contributed by atoms with van der Waals surface area (Å²) in [5.74, 6) is -1.54. The van der Waals surface area contributed by atoms with Crippen LogP contribution in [0.2, 0.25) is 0 Å². The first kappa shape index (κ1) is 38.0. The van der Waals surface area contributed by atoms with Crippen molar-refractivity contribution in [2.75, 3.05) is 39.0 Å². The number of carbonyl (C=O) groups excluding carboxylic acids is 5. The zero-order valence-corrected chi connectivity index (χ0v) is 30.2. The third kappa shape index (κ3) is 10.8. The fourth-order valence-corrected chi connectivity index (χ4v) is 8.08. The molecule has 3 N–H and O–H groups in total. The lowest BCUT2D eigenvalue weighted by molar-refractivity contribution is -0.144. The van der Waals surface area contributed by atoms with E-state index in [2.05, 4.69) is 16.0 Å². The summed E-state index contributed by atoms with van der Waals surface area (Å²) in [6.07, 6.45) is 3.88. The summed E-state index contributed by atoms with van der Waals surface area (Å²) in [6, 6.07) is 19.1. The number of nitrogens with zero attached hydrogens (tertiary/aromatic N) is 2. The van der Waals surface area contributed by atoms with Crippen LogP contribution in [0.1, 0.15) is 58.4 Å². The van der Waals surface area contributed by atoms with Gasteiger partial charge in [-0.15, -0.1) is 11.8 Å². The fraction of sp³-hybridized carbons (Fsp3) is 0.553. The van der Waals surface area contributed by atoms with Crippen LogP contribution in [0.4, 0.5) is 0 Å². The molecule has 0 bridgehead atoms. The van der Waals surface area contributed by atoms with Crippen LogP contribution in [0.5, 0.6) is 0 Å². The highest BCUT2D eigenvalue weighted by molar-refractivity contribution is 7.99. The van der Waals surface area contributed by atoms with Gasteiger partial charge in [-0.1, -0.05) is 62.4 Å².